The summed E-state index contributed by atoms with van der Waals surface area (Å²) in [4.78, 5) is 3.59. The van der Waals surface area contributed by atoms with Crippen LogP contribution in [-0.4, -0.2) is 24.2 Å². The third-order valence-corrected chi connectivity index (χ3v) is 35.7. The molecule has 0 amide bonds. The second-order valence-electron chi connectivity index (χ2n) is 29.8. The highest BCUT2D eigenvalue weighted by Gasteiger charge is 2.36. The van der Waals surface area contributed by atoms with E-state index in [2.05, 4.69) is 247 Å². The second kappa shape index (κ2) is 28.5. The Morgan fingerprint density at radius 1 is 0.316 bits per heavy atom. The minimum Gasteiger partial charge on any atom is -0.143 e. The lowest BCUT2D eigenvalue weighted by Gasteiger charge is -2.34. The average Bonchev–Trinajstić information content (AvgIpc) is 3.30. The first-order chi connectivity index (χ1) is 34.7. The molecule has 0 aliphatic rings. The number of hydrogen-bond donors (Lipinski definition) is 3. The van der Waals surface area contributed by atoms with Crippen molar-refractivity contribution in [2.75, 3.05) is 0 Å². The van der Waals surface area contributed by atoms with Gasteiger partial charge in [0.15, 0.2) is 0 Å². The molecule has 4 aromatic rings. The van der Waals surface area contributed by atoms with Crippen LogP contribution in [0.5, 0.6) is 0 Å². The van der Waals surface area contributed by atoms with E-state index in [0.717, 1.165) is 0 Å². The zero-order chi connectivity index (χ0) is 58.7. The van der Waals surface area contributed by atoms with E-state index in [0.29, 0.717) is 0 Å². The summed E-state index contributed by atoms with van der Waals surface area (Å²) < 4.78 is 0. The summed E-state index contributed by atoms with van der Waals surface area (Å²) in [7, 11) is -3.97. The molecule has 0 bridgehead atoms. The number of hydrogen-bond acceptors (Lipinski definition) is 3. The first kappa shape index (κ1) is 70.7. The number of rotatable bonds is 18. The molecule has 0 aliphatic heterocycles. The van der Waals surface area contributed by atoms with Crippen LogP contribution in [0.3, 0.4) is 0 Å². The molecule has 76 heavy (non-hydrogen) atoms. The molecular weight excluding hydrogens is 1020 g/mol. The fourth-order valence-electron chi connectivity index (χ4n) is 12.2. The van der Waals surface area contributed by atoms with Gasteiger partial charge in [-0.05, 0) is 101 Å². The maximum atomic E-state index is 4.99. The summed E-state index contributed by atoms with van der Waals surface area (Å²) in [6, 6.07) is 41.1. The van der Waals surface area contributed by atoms with Gasteiger partial charge in [-0.1, -0.05) is 320 Å². The van der Waals surface area contributed by atoms with Gasteiger partial charge in [0.2, 0.25) is 0 Å². The van der Waals surface area contributed by atoms with Gasteiger partial charge in [0.25, 0.3) is 0 Å². The van der Waals surface area contributed by atoms with Crippen molar-refractivity contribution in [2.24, 2.45) is 0 Å². The summed E-state index contributed by atoms with van der Waals surface area (Å²) >= 11 is 14.9. The molecule has 0 saturated heterocycles. The Hall–Kier alpha value is -1.42. The molecular formula is C70H120S3Si3. The van der Waals surface area contributed by atoms with Crippen LogP contribution < -0.4 is 5.19 Å². The first-order valence-electron chi connectivity index (χ1n) is 30.4. The van der Waals surface area contributed by atoms with Crippen LogP contribution in [0.1, 0.15) is 249 Å². The molecule has 4 aromatic carbocycles. The zero-order valence-corrected chi connectivity index (χ0v) is 60.3. The molecule has 0 fully saturated rings. The Labute approximate surface area is 493 Å². The van der Waals surface area contributed by atoms with Gasteiger partial charge >= 0.3 is 0 Å². The lowest BCUT2D eigenvalue weighted by molar-refractivity contribution is 0.545. The average molecular weight is 1140 g/mol. The predicted octanol–water partition coefficient (Wildman–Crippen LogP) is 22.5. The molecule has 0 saturated carbocycles. The Balaban J connectivity index is 0.000000392. The van der Waals surface area contributed by atoms with Crippen molar-refractivity contribution < 1.29 is 0 Å². The van der Waals surface area contributed by atoms with Gasteiger partial charge in [-0.3, -0.25) is 0 Å². The minimum absolute atomic E-state index is 0.0997. The van der Waals surface area contributed by atoms with E-state index in [1.807, 2.05) is 0 Å². The van der Waals surface area contributed by atoms with E-state index in [1.165, 1.54) is 139 Å². The van der Waals surface area contributed by atoms with Gasteiger partial charge in [-0.15, -0.1) is 37.9 Å². The van der Waals surface area contributed by atoms with Crippen molar-refractivity contribution in [2.45, 2.75) is 313 Å². The van der Waals surface area contributed by atoms with Crippen molar-refractivity contribution >= 4 is 67.3 Å². The lowest BCUT2D eigenvalue weighted by Crippen LogP contribution is -2.49. The fourth-order valence-corrected chi connectivity index (χ4v) is 27.4. The van der Waals surface area contributed by atoms with E-state index in [-0.39, 0.29) is 32.5 Å². The summed E-state index contributed by atoms with van der Waals surface area (Å²) in [6.45, 7) is 60.8. The van der Waals surface area contributed by atoms with Crippen LogP contribution in [0.25, 0.3) is 0 Å². The highest BCUT2D eigenvalue weighted by Crippen LogP contribution is 2.42. The Morgan fingerprint density at radius 2 is 0.553 bits per heavy atom. The van der Waals surface area contributed by atoms with Crippen molar-refractivity contribution in [3.8, 4) is 0 Å². The molecule has 0 aromatic heterocycles. The molecule has 0 unspecified atom stereocenters. The third kappa shape index (κ3) is 19.4. The van der Waals surface area contributed by atoms with E-state index < -0.39 is 24.2 Å². The quantitative estimate of drug-likeness (QED) is 0.0642. The van der Waals surface area contributed by atoms with Gasteiger partial charge in [-0.25, -0.2) is 0 Å². The fraction of sp³-hybridized carbons (Fsp3) is 0.657. The second-order valence-corrected chi connectivity index (χ2v) is 46.4. The monoisotopic (exact) mass is 1140 g/mol. The van der Waals surface area contributed by atoms with Crippen LogP contribution >= 0.6 is 37.9 Å². The van der Waals surface area contributed by atoms with Gasteiger partial charge in [0, 0.05) is 14.7 Å². The van der Waals surface area contributed by atoms with Crippen LogP contribution in [-0.2, 0) is 50.6 Å². The molecule has 0 heterocycles. The van der Waals surface area contributed by atoms with Crippen LogP contribution in [0, 0.1) is 0 Å². The van der Waals surface area contributed by atoms with Crippen molar-refractivity contribution in [1.82, 2.24) is 0 Å². The molecule has 0 atom stereocenters. The topological polar surface area (TPSA) is 0 Å². The number of thiol groups is 3. The van der Waals surface area contributed by atoms with Crippen molar-refractivity contribution in [3.05, 3.63) is 117 Å². The summed E-state index contributed by atoms with van der Waals surface area (Å²) in [5.74, 6) is 0. The van der Waals surface area contributed by atoms with Gasteiger partial charge in [0.05, 0.1) is 24.2 Å². The Morgan fingerprint density at radius 3 is 0.763 bits per heavy atom. The molecule has 6 heteroatoms. The van der Waals surface area contributed by atoms with Crippen molar-refractivity contribution in [1.29, 1.82) is 0 Å². The van der Waals surface area contributed by atoms with Crippen LogP contribution in [0.15, 0.2) is 81.4 Å². The Kier molecular flexibility index (Phi) is 26.5. The summed E-state index contributed by atoms with van der Waals surface area (Å²) in [6.07, 6.45) is 4.03. The molecule has 430 valence electrons. The smallest absolute Gasteiger partial charge is 0.0904 e. The van der Waals surface area contributed by atoms with Gasteiger partial charge in [-0.2, -0.15) is 0 Å². The maximum absolute atomic E-state index is 4.99. The highest BCUT2D eigenvalue weighted by atomic mass is 32.1. The molecule has 0 radical (unpaired) electrons. The molecule has 0 N–H and O–H groups in total. The predicted molar refractivity (Wildman–Crippen MR) is 365 cm³/mol. The SMILES string of the molecule is CCC[Si](CCC)(CCC)Cc1cc(C(C)(C)C)c(S)c(C(C)(C)C)c1.CC[Si](CC)(CC)Cc1cc(C(C)(C)C)c(S)c(C(C)(C)C)c1.CC[Si](CC)(Cc1cc(C(C)(C)C)c(S)c(C(C)(C)C)c1)c1ccccc1. The van der Waals surface area contributed by atoms with E-state index in [1.54, 1.807) is 16.3 Å². The van der Waals surface area contributed by atoms with Gasteiger partial charge in [0.1, 0.15) is 0 Å². The third-order valence-electron chi connectivity index (χ3n) is 17.4. The summed E-state index contributed by atoms with van der Waals surface area (Å²) in [5, 5.41) is 1.60. The van der Waals surface area contributed by atoms with E-state index in [4.69, 9.17) is 37.9 Å². The van der Waals surface area contributed by atoms with Crippen LogP contribution in [0.4, 0.5) is 0 Å². The molecule has 4 rings (SSSR count). The Bertz CT molecular complexity index is 2270. The largest absolute Gasteiger partial charge is 0.143 e. The normalized spacial score (nSPS) is 13.3. The van der Waals surface area contributed by atoms with E-state index in [9.17, 15) is 0 Å². The van der Waals surface area contributed by atoms with Crippen molar-refractivity contribution in [3.63, 3.8) is 0 Å². The zero-order valence-electron chi connectivity index (χ0n) is 54.6. The molecule has 0 nitrogen and oxygen atoms in total. The van der Waals surface area contributed by atoms with Crippen LogP contribution in [0.2, 0.25) is 48.4 Å². The maximum Gasteiger partial charge on any atom is 0.0904 e. The molecule has 0 aliphatic carbocycles. The lowest BCUT2D eigenvalue weighted by atomic mass is 9.79. The number of benzene rings is 4. The van der Waals surface area contributed by atoms with Gasteiger partial charge < -0.3 is 0 Å². The first-order valence-corrected chi connectivity index (χ1v) is 40.0. The van der Waals surface area contributed by atoms with E-state index >= 15 is 0 Å². The summed E-state index contributed by atoms with van der Waals surface area (Å²) in [5.41, 5.74) is 13.8. The highest BCUT2D eigenvalue weighted by molar-refractivity contribution is 7.80. The molecule has 0 spiro atoms. The standard InChI is InChI=1S/C25H38SSi.C24H44SSi.C21H38SSi/c1-9-27(10-2,20-14-12-11-13-15-20)18-19-16-21(24(3,4)5)23(26)22(17-19)25(6,7)8;1-10-13-26(14-11-2,15-12-3)18-19-16-20(23(4,5)6)22(25)21(17-19)24(7,8)9;1-10-23(11-2,12-3)15-16-13-17(20(4,5)6)19(22)18(14-16)21(7,8)9/h11-17,26H,9-10,18H2,1-8H3;16-17,25H,10-15,18H2,1-9H3;13-14,22H,10-12,15H2,1-9H3. The minimum atomic E-state index is -1.57.